The van der Waals surface area contributed by atoms with Gasteiger partial charge in [-0.05, 0) is 26.0 Å². The SMILES string of the molecule is COC(=O)C(O)c1cc2cccc(OC)c2n1C(C)C. The summed E-state index contributed by atoms with van der Waals surface area (Å²) >= 11 is 0. The lowest BCUT2D eigenvalue weighted by atomic mass is 10.2. The Bertz CT molecular complexity index is 630. The van der Waals surface area contributed by atoms with Crippen LogP contribution in [0.5, 0.6) is 5.75 Å². The topological polar surface area (TPSA) is 60.7 Å². The molecule has 108 valence electrons. The number of hydrogen-bond donors (Lipinski definition) is 1. The fourth-order valence-corrected chi connectivity index (χ4v) is 2.44. The lowest BCUT2D eigenvalue weighted by Crippen LogP contribution is -2.18. The highest BCUT2D eigenvalue weighted by atomic mass is 16.5. The summed E-state index contributed by atoms with van der Waals surface area (Å²) in [5.41, 5.74) is 1.37. The van der Waals surface area contributed by atoms with E-state index >= 15 is 0 Å². The third kappa shape index (κ3) is 2.25. The van der Waals surface area contributed by atoms with Crippen molar-refractivity contribution in [2.45, 2.75) is 26.0 Å². The van der Waals surface area contributed by atoms with E-state index in [1.54, 1.807) is 13.2 Å². The van der Waals surface area contributed by atoms with Crippen molar-refractivity contribution < 1.29 is 19.4 Å². The number of fused-ring (bicyclic) bond motifs is 1. The second-order valence-corrected chi connectivity index (χ2v) is 4.86. The number of carbonyl (C=O) groups is 1. The quantitative estimate of drug-likeness (QED) is 0.872. The number of aliphatic hydroxyl groups excluding tert-OH is 1. The van der Waals surface area contributed by atoms with E-state index in [0.717, 1.165) is 10.9 Å². The van der Waals surface area contributed by atoms with Crippen molar-refractivity contribution in [3.8, 4) is 5.75 Å². The third-order valence-electron chi connectivity index (χ3n) is 3.29. The number of aromatic nitrogens is 1. The van der Waals surface area contributed by atoms with Crippen LogP contribution >= 0.6 is 0 Å². The van der Waals surface area contributed by atoms with E-state index in [1.165, 1.54) is 7.11 Å². The summed E-state index contributed by atoms with van der Waals surface area (Å²) in [6.45, 7) is 3.97. The van der Waals surface area contributed by atoms with Gasteiger partial charge in [0.25, 0.3) is 0 Å². The number of para-hydroxylation sites is 1. The first-order chi connectivity index (χ1) is 9.51. The van der Waals surface area contributed by atoms with Crippen molar-refractivity contribution in [1.82, 2.24) is 4.57 Å². The van der Waals surface area contributed by atoms with Gasteiger partial charge in [0, 0.05) is 11.4 Å². The van der Waals surface area contributed by atoms with Crippen LogP contribution in [0.1, 0.15) is 31.7 Å². The number of hydrogen-bond acceptors (Lipinski definition) is 4. The number of methoxy groups -OCH3 is 2. The molecule has 20 heavy (non-hydrogen) atoms. The molecule has 5 nitrogen and oxygen atoms in total. The predicted octanol–water partition coefficient (Wildman–Crippen LogP) is 2.44. The molecule has 0 amide bonds. The molecule has 1 aromatic heterocycles. The molecule has 0 saturated carbocycles. The Morgan fingerprint density at radius 3 is 2.55 bits per heavy atom. The number of aliphatic hydroxyl groups is 1. The van der Waals surface area contributed by atoms with Crippen LogP contribution < -0.4 is 4.74 Å². The summed E-state index contributed by atoms with van der Waals surface area (Å²) in [5.74, 6) is 0.0354. The molecule has 0 aliphatic rings. The predicted molar refractivity (Wildman–Crippen MR) is 75.9 cm³/mol. The number of nitrogens with zero attached hydrogens (tertiary/aromatic N) is 1. The van der Waals surface area contributed by atoms with Gasteiger partial charge < -0.3 is 19.1 Å². The molecule has 1 atom stereocenters. The number of carbonyl (C=O) groups excluding carboxylic acids is 1. The van der Waals surface area contributed by atoms with Gasteiger partial charge in [0.1, 0.15) is 5.75 Å². The van der Waals surface area contributed by atoms with Gasteiger partial charge in [-0.15, -0.1) is 0 Å². The van der Waals surface area contributed by atoms with Crippen LogP contribution in [0.25, 0.3) is 10.9 Å². The highest BCUT2D eigenvalue weighted by molar-refractivity contribution is 5.89. The molecule has 5 heteroatoms. The Labute approximate surface area is 117 Å². The summed E-state index contributed by atoms with van der Waals surface area (Å²) in [4.78, 5) is 11.6. The second-order valence-electron chi connectivity index (χ2n) is 4.86. The van der Waals surface area contributed by atoms with Crippen LogP contribution in [0.15, 0.2) is 24.3 Å². The van der Waals surface area contributed by atoms with Crippen molar-refractivity contribution in [2.24, 2.45) is 0 Å². The van der Waals surface area contributed by atoms with E-state index < -0.39 is 12.1 Å². The van der Waals surface area contributed by atoms with Gasteiger partial charge in [-0.1, -0.05) is 12.1 Å². The Morgan fingerprint density at radius 1 is 1.30 bits per heavy atom. The summed E-state index contributed by atoms with van der Waals surface area (Å²) < 4.78 is 11.9. The number of benzene rings is 1. The van der Waals surface area contributed by atoms with E-state index in [4.69, 9.17) is 4.74 Å². The van der Waals surface area contributed by atoms with Crippen LogP contribution in [0.2, 0.25) is 0 Å². The Hall–Kier alpha value is -2.01. The van der Waals surface area contributed by atoms with Crippen molar-refractivity contribution in [2.75, 3.05) is 14.2 Å². The number of ether oxygens (including phenoxy) is 2. The van der Waals surface area contributed by atoms with E-state index in [0.29, 0.717) is 11.4 Å². The molecular weight excluding hydrogens is 258 g/mol. The average Bonchev–Trinajstić information content (AvgIpc) is 2.84. The minimum atomic E-state index is -1.31. The maximum atomic E-state index is 11.6. The van der Waals surface area contributed by atoms with E-state index in [1.807, 2.05) is 36.6 Å². The van der Waals surface area contributed by atoms with Crippen molar-refractivity contribution in [3.05, 3.63) is 30.0 Å². The minimum absolute atomic E-state index is 0.0677. The lowest BCUT2D eigenvalue weighted by molar-refractivity contribution is -0.151. The average molecular weight is 277 g/mol. The zero-order valence-corrected chi connectivity index (χ0v) is 12.1. The molecule has 0 spiro atoms. The monoisotopic (exact) mass is 277 g/mol. The molecule has 2 aromatic rings. The molecule has 0 radical (unpaired) electrons. The van der Waals surface area contributed by atoms with Crippen LogP contribution in [0.3, 0.4) is 0 Å². The molecule has 0 aliphatic heterocycles. The largest absolute Gasteiger partial charge is 0.495 e. The van der Waals surface area contributed by atoms with Crippen molar-refractivity contribution in [1.29, 1.82) is 0 Å². The summed E-state index contributed by atoms with van der Waals surface area (Å²) in [5, 5.41) is 11.1. The molecule has 1 heterocycles. The molecule has 1 unspecified atom stereocenters. The molecule has 0 aliphatic carbocycles. The molecule has 1 aromatic carbocycles. The zero-order chi connectivity index (χ0) is 14.9. The molecule has 0 fully saturated rings. The lowest BCUT2D eigenvalue weighted by Gasteiger charge is -2.18. The third-order valence-corrected chi connectivity index (χ3v) is 3.29. The standard InChI is InChI=1S/C15H19NO4/c1-9(2)16-11(14(17)15(18)20-4)8-10-6-5-7-12(19-3)13(10)16/h5-9,14,17H,1-4H3. The van der Waals surface area contributed by atoms with Crippen molar-refractivity contribution in [3.63, 3.8) is 0 Å². The number of rotatable bonds is 4. The normalized spacial score (nSPS) is 12.7. The zero-order valence-electron chi connectivity index (χ0n) is 12.1. The fraction of sp³-hybridized carbons (Fsp3) is 0.400. The van der Waals surface area contributed by atoms with Crippen LogP contribution in [0.4, 0.5) is 0 Å². The fourth-order valence-electron chi connectivity index (χ4n) is 2.44. The smallest absolute Gasteiger partial charge is 0.340 e. The highest BCUT2D eigenvalue weighted by Gasteiger charge is 2.25. The van der Waals surface area contributed by atoms with Gasteiger partial charge in [0.2, 0.25) is 0 Å². The van der Waals surface area contributed by atoms with Crippen LogP contribution in [-0.4, -0.2) is 29.9 Å². The van der Waals surface area contributed by atoms with Gasteiger partial charge in [-0.25, -0.2) is 4.79 Å². The number of esters is 1. The molecule has 2 rings (SSSR count). The Kier molecular flexibility index (Phi) is 3.99. The van der Waals surface area contributed by atoms with Gasteiger partial charge in [0.15, 0.2) is 6.10 Å². The van der Waals surface area contributed by atoms with E-state index in [-0.39, 0.29) is 6.04 Å². The summed E-state index contributed by atoms with van der Waals surface area (Å²) in [7, 11) is 2.86. The molecule has 0 saturated heterocycles. The van der Waals surface area contributed by atoms with Gasteiger partial charge in [0.05, 0.1) is 25.4 Å². The Balaban J connectivity index is 2.72. The maximum Gasteiger partial charge on any atom is 0.340 e. The van der Waals surface area contributed by atoms with Crippen molar-refractivity contribution >= 4 is 16.9 Å². The first-order valence-corrected chi connectivity index (χ1v) is 6.45. The first-order valence-electron chi connectivity index (χ1n) is 6.45. The molecule has 1 N–H and O–H groups in total. The van der Waals surface area contributed by atoms with Gasteiger partial charge in [-0.2, -0.15) is 0 Å². The van der Waals surface area contributed by atoms with Gasteiger partial charge >= 0.3 is 5.97 Å². The van der Waals surface area contributed by atoms with Crippen LogP contribution in [-0.2, 0) is 9.53 Å². The maximum absolute atomic E-state index is 11.6. The molecular formula is C15H19NO4. The van der Waals surface area contributed by atoms with Gasteiger partial charge in [-0.3, -0.25) is 0 Å². The summed E-state index contributed by atoms with van der Waals surface area (Å²) in [6.07, 6.45) is -1.31. The highest BCUT2D eigenvalue weighted by Crippen LogP contribution is 2.34. The summed E-state index contributed by atoms with van der Waals surface area (Å²) in [6, 6.07) is 7.51. The first kappa shape index (κ1) is 14.4. The minimum Gasteiger partial charge on any atom is -0.495 e. The van der Waals surface area contributed by atoms with E-state index in [9.17, 15) is 9.90 Å². The van der Waals surface area contributed by atoms with E-state index in [2.05, 4.69) is 4.74 Å². The van der Waals surface area contributed by atoms with Crippen LogP contribution in [0, 0.1) is 0 Å². The Morgan fingerprint density at radius 2 is 2.00 bits per heavy atom. The molecule has 0 bridgehead atoms. The second kappa shape index (κ2) is 5.54.